The highest BCUT2D eigenvalue weighted by atomic mass is 16.2. The van der Waals surface area contributed by atoms with Crippen LogP contribution in [0.15, 0.2) is 0 Å². The Balaban J connectivity index is -0.000000133. The predicted molar refractivity (Wildman–Crippen MR) is 165 cm³/mol. The van der Waals surface area contributed by atoms with Crippen molar-refractivity contribution in [3.05, 3.63) is 0 Å². The van der Waals surface area contributed by atoms with Gasteiger partial charge >= 0.3 is 0 Å². The van der Waals surface area contributed by atoms with Gasteiger partial charge in [-0.1, -0.05) is 63.3 Å². The number of imide groups is 3. The highest BCUT2D eigenvalue weighted by Gasteiger charge is 2.32. The maximum atomic E-state index is 10.9. The Bertz CT molecular complexity index is 629. The van der Waals surface area contributed by atoms with Gasteiger partial charge in [0.15, 0.2) is 0 Å². The summed E-state index contributed by atoms with van der Waals surface area (Å²) in [6.07, 6.45) is 3.65. The van der Waals surface area contributed by atoms with Gasteiger partial charge < -0.3 is 0 Å². The number of rotatable bonds is 3. The van der Waals surface area contributed by atoms with Gasteiger partial charge in [-0.3, -0.25) is 43.5 Å². The lowest BCUT2D eigenvalue weighted by Gasteiger charge is -2.17. The molecule has 0 saturated carbocycles. The lowest BCUT2D eigenvalue weighted by atomic mass is 10.3. The van der Waals surface area contributed by atoms with E-state index in [-0.39, 0.29) is 75.8 Å². The smallest absolute Gasteiger partial charge is 0.229 e. The van der Waals surface area contributed by atoms with Crippen LogP contribution in [0.4, 0.5) is 0 Å². The van der Waals surface area contributed by atoms with Crippen LogP contribution in [-0.4, -0.2) is 68.3 Å². The van der Waals surface area contributed by atoms with Crippen molar-refractivity contribution in [3.8, 4) is 0 Å². The van der Waals surface area contributed by atoms with E-state index in [4.69, 9.17) is 0 Å². The second-order valence-electron chi connectivity index (χ2n) is 10.7. The van der Waals surface area contributed by atoms with Crippen LogP contribution in [0, 0.1) is 5.92 Å². The van der Waals surface area contributed by atoms with E-state index in [0.717, 1.165) is 5.92 Å². The molecule has 3 heterocycles. The van der Waals surface area contributed by atoms with E-state index >= 15 is 0 Å². The monoisotopic (exact) mass is 573 g/mol. The second-order valence-corrected chi connectivity index (χ2v) is 10.7. The van der Waals surface area contributed by atoms with E-state index in [2.05, 4.69) is 34.6 Å². The molecule has 0 N–H and O–H groups in total. The SMILES string of the molecule is C.C.C.CC(C)C.CC(C)N1C(=O)CCC1=O.CC(C)N1C(=O)CCC1=O.CC(C)N1C(=O)CCC1=O.CCC. The summed E-state index contributed by atoms with van der Waals surface area (Å²) in [6.45, 7) is 21.8. The van der Waals surface area contributed by atoms with Crippen molar-refractivity contribution in [3.63, 3.8) is 0 Å². The van der Waals surface area contributed by atoms with Crippen LogP contribution in [-0.2, 0) is 28.8 Å². The molecule has 0 bridgehead atoms. The number of hydrogen-bond donors (Lipinski definition) is 0. The third-order valence-corrected chi connectivity index (χ3v) is 4.82. The van der Waals surface area contributed by atoms with Crippen LogP contribution < -0.4 is 0 Å². The van der Waals surface area contributed by atoms with E-state index in [1.54, 1.807) is 0 Å². The molecular weight excluding hydrogens is 510 g/mol. The minimum absolute atomic E-state index is 0. The fourth-order valence-corrected chi connectivity index (χ4v) is 3.51. The average Bonchev–Trinajstić information content (AvgIpc) is 3.39. The first kappa shape index (κ1) is 47.2. The van der Waals surface area contributed by atoms with Gasteiger partial charge in [0.1, 0.15) is 0 Å². The van der Waals surface area contributed by atoms with Crippen LogP contribution in [0.2, 0.25) is 0 Å². The Morgan fingerprint density at radius 1 is 0.425 bits per heavy atom. The minimum atomic E-state index is -0.0278. The zero-order chi connectivity index (χ0) is 29.5. The molecule has 238 valence electrons. The molecule has 0 aromatic heterocycles. The van der Waals surface area contributed by atoms with Crippen LogP contribution in [0.1, 0.15) is 143 Å². The number of hydrogen-bond acceptors (Lipinski definition) is 6. The molecule has 9 heteroatoms. The van der Waals surface area contributed by atoms with Crippen molar-refractivity contribution < 1.29 is 28.8 Å². The maximum absolute atomic E-state index is 10.9. The number of likely N-dealkylation sites (tertiary alicyclic amines) is 3. The third kappa shape index (κ3) is 17.9. The van der Waals surface area contributed by atoms with Gasteiger partial charge in [0.05, 0.1) is 0 Å². The molecule has 0 aliphatic carbocycles. The van der Waals surface area contributed by atoms with Crippen molar-refractivity contribution in [1.29, 1.82) is 0 Å². The first-order valence-electron chi connectivity index (χ1n) is 13.6. The molecule has 6 amide bonds. The first-order valence-corrected chi connectivity index (χ1v) is 13.6. The summed E-state index contributed by atoms with van der Waals surface area (Å²) in [7, 11) is 0. The molecule has 3 rings (SSSR count). The molecule has 0 aromatic rings. The van der Waals surface area contributed by atoms with Crippen LogP contribution in [0.5, 0.6) is 0 Å². The highest BCUT2D eigenvalue weighted by molar-refractivity contribution is 6.03. The van der Waals surface area contributed by atoms with Crippen molar-refractivity contribution >= 4 is 35.4 Å². The minimum Gasteiger partial charge on any atom is -0.280 e. The van der Waals surface area contributed by atoms with Crippen molar-refractivity contribution in [1.82, 2.24) is 14.7 Å². The Labute approximate surface area is 246 Å². The summed E-state index contributed by atoms with van der Waals surface area (Å²) in [6, 6.07) is 0.0903. The Morgan fingerprint density at radius 3 is 0.575 bits per heavy atom. The quantitative estimate of drug-likeness (QED) is 0.351. The van der Waals surface area contributed by atoms with Crippen molar-refractivity contribution in [2.24, 2.45) is 5.92 Å². The zero-order valence-corrected chi connectivity index (χ0v) is 25.1. The summed E-state index contributed by atoms with van der Waals surface area (Å²) in [5, 5.41) is 0. The fourth-order valence-electron chi connectivity index (χ4n) is 3.51. The summed E-state index contributed by atoms with van der Waals surface area (Å²) in [4.78, 5) is 69.6. The lowest BCUT2D eigenvalue weighted by molar-refractivity contribution is -0.141. The highest BCUT2D eigenvalue weighted by Crippen LogP contribution is 2.15. The average molecular weight is 574 g/mol. The maximum Gasteiger partial charge on any atom is 0.229 e. The van der Waals surface area contributed by atoms with Crippen LogP contribution >= 0.6 is 0 Å². The van der Waals surface area contributed by atoms with Gasteiger partial charge in [-0.15, -0.1) is 0 Å². The Kier molecular flexibility index (Phi) is 28.6. The zero-order valence-electron chi connectivity index (χ0n) is 25.1. The first-order chi connectivity index (χ1) is 17.0. The van der Waals surface area contributed by atoms with Gasteiger partial charge in [0.25, 0.3) is 0 Å². The molecule has 0 unspecified atom stereocenters. The van der Waals surface area contributed by atoms with Gasteiger partial charge in [-0.25, -0.2) is 0 Å². The van der Waals surface area contributed by atoms with Gasteiger partial charge in [-0.2, -0.15) is 0 Å². The molecule has 3 aliphatic heterocycles. The summed E-state index contributed by atoms with van der Waals surface area (Å²) < 4.78 is 0. The summed E-state index contributed by atoms with van der Waals surface area (Å²) in [5.74, 6) is 0.667. The molecule has 40 heavy (non-hydrogen) atoms. The molecule has 3 fully saturated rings. The molecule has 9 nitrogen and oxygen atoms in total. The molecule has 3 saturated heterocycles. The molecular formula is C31H63N3O6. The van der Waals surface area contributed by atoms with E-state index < -0.39 is 0 Å². The van der Waals surface area contributed by atoms with E-state index in [1.165, 1.54) is 21.1 Å². The molecule has 0 radical (unpaired) electrons. The predicted octanol–water partition coefficient (Wildman–Crippen LogP) is 6.62. The molecule has 0 atom stereocenters. The summed E-state index contributed by atoms with van der Waals surface area (Å²) >= 11 is 0. The van der Waals surface area contributed by atoms with Gasteiger partial charge in [-0.05, 0) is 47.5 Å². The second kappa shape index (κ2) is 24.2. The van der Waals surface area contributed by atoms with E-state index in [0.29, 0.717) is 38.5 Å². The van der Waals surface area contributed by atoms with Crippen molar-refractivity contribution in [2.75, 3.05) is 0 Å². The number of carbonyl (C=O) groups excluding carboxylic acids is 6. The number of carbonyl (C=O) groups is 6. The number of amides is 6. The van der Waals surface area contributed by atoms with Crippen molar-refractivity contribution in [2.45, 2.75) is 162 Å². The Morgan fingerprint density at radius 2 is 0.525 bits per heavy atom. The number of nitrogens with zero attached hydrogens (tertiary/aromatic N) is 3. The topological polar surface area (TPSA) is 112 Å². The lowest BCUT2D eigenvalue weighted by Crippen LogP contribution is -2.35. The van der Waals surface area contributed by atoms with Crippen LogP contribution in [0.25, 0.3) is 0 Å². The van der Waals surface area contributed by atoms with Gasteiger partial charge in [0, 0.05) is 56.7 Å². The standard InChI is InChI=1S/3C7H11NO2.C4H10.C3H8.3CH4/c3*1-5(2)8-6(9)3-4-7(8)10;1-4(2)3;1-3-2;;;/h3*5H,3-4H2,1-2H3;4H,1-3H3;3H2,1-2H3;3*1H4. The fraction of sp³-hybridized carbons (Fsp3) is 0.806. The summed E-state index contributed by atoms with van der Waals surface area (Å²) in [5.41, 5.74) is 0. The van der Waals surface area contributed by atoms with E-state index in [9.17, 15) is 28.8 Å². The molecule has 0 aromatic carbocycles. The van der Waals surface area contributed by atoms with Crippen LogP contribution in [0.3, 0.4) is 0 Å². The third-order valence-electron chi connectivity index (χ3n) is 4.82. The molecule has 3 aliphatic rings. The molecule has 0 spiro atoms. The Hall–Kier alpha value is -2.58. The largest absolute Gasteiger partial charge is 0.280 e. The normalized spacial score (nSPS) is 15.8. The van der Waals surface area contributed by atoms with E-state index in [1.807, 2.05) is 41.5 Å². The van der Waals surface area contributed by atoms with Gasteiger partial charge in [0.2, 0.25) is 35.4 Å².